The molecule has 0 radical (unpaired) electrons. The molecule has 8 nitrogen and oxygen atoms in total. The summed E-state index contributed by atoms with van der Waals surface area (Å²) in [4.78, 5) is 50.8. The molecule has 0 fully saturated rings. The summed E-state index contributed by atoms with van der Waals surface area (Å²) in [6, 6.07) is 4.24. The van der Waals surface area contributed by atoms with Crippen molar-refractivity contribution in [3.63, 3.8) is 0 Å². The molecule has 0 aromatic heterocycles. The van der Waals surface area contributed by atoms with Crippen LogP contribution in [0.15, 0.2) is 48.6 Å². The Morgan fingerprint density at radius 2 is 1.49 bits per heavy atom. The Morgan fingerprint density at radius 3 is 2.17 bits per heavy atom. The van der Waals surface area contributed by atoms with E-state index >= 15 is 0 Å². The number of esters is 3. The lowest BCUT2D eigenvalue weighted by Gasteiger charge is -2.28. The molecule has 2 rings (SSSR count). The normalized spacial score (nSPS) is 16.3. The van der Waals surface area contributed by atoms with Crippen molar-refractivity contribution in [2.24, 2.45) is 11.8 Å². The molecule has 1 aromatic carbocycles. The van der Waals surface area contributed by atoms with Crippen LogP contribution in [0.5, 0.6) is 0 Å². The number of unbranched alkanes of at least 4 members (excludes halogenated alkanes) is 6. The first-order valence-electron chi connectivity index (χ1n) is 14.7. The van der Waals surface area contributed by atoms with Gasteiger partial charge in [0.1, 0.15) is 0 Å². The van der Waals surface area contributed by atoms with Gasteiger partial charge in [-0.2, -0.15) is 0 Å². The van der Waals surface area contributed by atoms with E-state index in [9.17, 15) is 24.3 Å². The van der Waals surface area contributed by atoms with Gasteiger partial charge in [0.25, 0.3) is 0 Å². The maximum Gasteiger partial charge on any atom is 0.338 e. The molecule has 2 atom stereocenters. The average Bonchev–Trinajstić information content (AvgIpc) is 2.97. The van der Waals surface area contributed by atoms with Gasteiger partial charge in [-0.1, -0.05) is 58.6 Å². The van der Waals surface area contributed by atoms with Crippen LogP contribution < -0.4 is 0 Å². The number of aromatic carboxylic acids is 1. The van der Waals surface area contributed by atoms with Crippen molar-refractivity contribution in [3.8, 4) is 0 Å². The Balaban J connectivity index is 2.37. The van der Waals surface area contributed by atoms with Crippen molar-refractivity contribution in [2.45, 2.75) is 78.6 Å². The maximum atomic E-state index is 13.2. The smallest absolute Gasteiger partial charge is 0.338 e. The fraction of sp³-hybridized carbons (Fsp3) is 0.515. The highest BCUT2D eigenvalue weighted by Gasteiger charge is 2.34. The summed E-state index contributed by atoms with van der Waals surface area (Å²) in [6.45, 7) is 10.2. The minimum absolute atomic E-state index is 0.0765. The van der Waals surface area contributed by atoms with E-state index in [1.54, 1.807) is 18.2 Å². The number of carbonyl (C=O) groups excluding carboxylic acids is 3. The highest BCUT2D eigenvalue weighted by Crippen LogP contribution is 2.37. The molecule has 8 heteroatoms. The van der Waals surface area contributed by atoms with Crippen molar-refractivity contribution in [1.29, 1.82) is 0 Å². The zero-order valence-corrected chi connectivity index (χ0v) is 24.6. The van der Waals surface area contributed by atoms with E-state index < -0.39 is 35.7 Å². The van der Waals surface area contributed by atoms with Crippen LogP contribution in [-0.4, -0.2) is 48.8 Å². The average molecular weight is 569 g/mol. The minimum atomic E-state index is -1.21. The van der Waals surface area contributed by atoms with Crippen LogP contribution in [0.25, 0.3) is 5.57 Å². The molecule has 0 saturated carbocycles. The third-order valence-electron chi connectivity index (χ3n) is 6.92. The number of allylic oxidation sites excluding steroid dienone is 2. The van der Waals surface area contributed by atoms with Crippen molar-refractivity contribution in [1.82, 2.24) is 0 Å². The Morgan fingerprint density at radius 1 is 0.829 bits per heavy atom. The van der Waals surface area contributed by atoms with Crippen LogP contribution >= 0.6 is 0 Å². The number of benzene rings is 1. The maximum absolute atomic E-state index is 13.2. The molecule has 0 spiro atoms. The molecular weight excluding hydrogens is 524 g/mol. The lowest BCUT2D eigenvalue weighted by atomic mass is 9.77. The lowest BCUT2D eigenvalue weighted by molar-refractivity contribution is -0.147. The fourth-order valence-electron chi connectivity index (χ4n) is 4.55. The molecule has 0 saturated heterocycles. The number of ether oxygens (including phenoxy) is 3. The van der Waals surface area contributed by atoms with Crippen LogP contribution in [0.2, 0.25) is 0 Å². The first kappa shape index (κ1) is 33.5. The second-order valence-corrected chi connectivity index (χ2v) is 10.3. The third kappa shape index (κ3) is 10.7. The van der Waals surface area contributed by atoms with Crippen molar-refractivity contribution < 1.29 is 38.5 Å². The lowest BCUT2D eigenvalue weighted by Crippen LogP contribution is -2.28. The predicted octanol–water partition coefficient (Wildman–Crippen LogP) is 6.94. The summed E-state index contributed by atoms with van der Waals surface area (Å²) in [5.41, 5.74) is 1.09. The molecule has 1 aliphatic carbocycles. The van der Waals surface area contributed by atoms with Gasteiger partial charge < -0.3 is 19.3 Å². The Bertz CT molecular complexity index is 1130. The molecule has 41 heavy (non-hydrogen) atoms. The van der Waals surface area contributed by atoms with Crippen LogP contribution in [0, 0.1) is 11.8 Å². The van der Waals surface area contributed by atoms with E-state index in [4.69, 9.17) is 14.2 Å². The fourth-order valence-corrected chi connectivity index (χ4v) is 4.55. The van der Waals surface area contributed by atoms with Gasteiger partial charge in [-0.15, -0.1) is 6.58 Å². The minimum Gasteiger partial charge on any atom is -0.478 e. The number of hydrogen-bond acceptors (Lipinski definition) is 7. The van der Waals surface area contributed by atoms with Crippen LogP contribution in [0.1, 0.15) is 105 Å². The topological polar surface area (TPSA) is 116 Å². The molecule has 1 unspecified atom stereocenters. The first-order valence-corrected chi connectivity index (χ1v) is 14.7. The third-order valence-corrected chi connectivity index (χ3v) is 6.92. The molecule has 0 aliphatic heterocycles. The Hall–Kier alpha value is -3.68. The van der Waals surface area contributed by atoms with E-state index in [1.807, 2.05) is 13.8 Å². The van der Waals surface area contributed by atoms with Gasteiger partial charge >= 0.3 is 23.9 Å². The van der Waals surface area contributed by atoms with E-state index in [0.29, 0.717) is 24.0 Å². The number of carboxylic acids is 1. The van der Waals surface area contributed by atoms with Gasteiger partial charge in [0.2, 0.25) is 0 Å². The predicted molar refractivity (Wildman–Crippen MR) is 157 cm³/mol. The summed E-state index contributed by atoms with van der Waals surface area (Å²) in [7, 11) is 0. The van der Waals surface area contributed by atoms with Crippen molar-refractivity contribution in [3.05, 3.63) is 65.3 Å². The molecule has 1 N–H and O–H groups in total. The van der Waals surface area contributed by atoms with E-state index in [1.165, 1.54) is 18.2 Å². The number of hydrogen-bond donors (Lipinski definition) is 1. The quantitative estimate of drug-likeness (QED) is 0.0876. The van der Waals surface area contributed by atoms with E-state index in [0.717, 1.165) is 44.9 Å². The standard InChI is InChI=1S/C33H44O8/c1-5-8-10-12-14-17-41-33(38)29-22-27(32(37)39-15-7-3)21-28(23(29)4)24-18-25(30(34)35)20-26(19-24)31(36)40-16-13-11-9-6-2/h6,18-23,29H,2,5,7-17H2,1,3-4H3,(H,34,35)/t23?,29-/m0/s1. The number of rotatable bonds is 18. The van der Waals surface area contributed by atoms with Gasteiger partial charge in [-0.25, -0.2) is 14.4 Å². The Labute approximate surface area is 243 Å². The number of carbonyl (C=O) groups is 4. The second kappa shape index (κ2) is 17.9. The van der Waals surface area contributed by atoms with Gasteiger partial charge in [-0.05, 0) is 73.4 Å². The van der Waals surface area contributed by atoms with Crippen molar-refractivity contribution in [2.75, 3.05) is 19.8 Å². The molecule has 0 bridgehead atoms. The highest BCUT2D eigenvalue weighted by molar-refractivity contribution is 6.00. The van der Waals surface area contributed by atoms with Gasteiger partial charge in [0.15, 0.2) is 0 Å². The largest absolute Gasteiger partial charge is 0.478 e. The highest BCUT2D eigenvalue weighted by atomic mass is 16.5. The summed E-state index contributed by atoms with van der Waals surface area (Å²) >= 11 is 0. The monoisotopic (exact) mass is 568 g/mol. The van der Waals surface area contributed by atoms with Crippen LogP contribution in [0.4, 0.5) is 0 Å². The molecule has 0 amide bonds. The summed E-state index contributed by atoms with van der Waals surface area (Å²) in [5.74, 6) is -4.15. The molecule has 224 valence electrons. The van der Waals surface area contributed by atoms with E-state index in [2.05, 4.69) is 13.5 Å². The zero-order valence-electron chi connectivity index (χ0n) is 24.6. The SMILES string of the molecule is C=CCCCCOC(=O)c1cc(C(=O)O)cc(C2=CC(C(=O)OCCC)=C[C@H](C(=O)OCCCCCCC)C2C)c1. The molecule has 1 aliphatic rings. The zero-order chi connectivity index (χ0) is 30.2. The summed E-state index contributed by atoms with van der Waals surface area (Å²) in [5, 5.41) is 9.76. The molecule has 1 aromatic rings. The summed E-state index contributed by atoms with van der Waals surface area (Å²) < 4.78 is 16.3. The van der Waals surface area contributed by atoms with Gasteiger partial charge in [-0.3, -0.25) is 4.79 Å². The van der Waals surface area contributed by atoms with Crippen LogP contribution in [-0.2, 0) is 23.8 Å². The molecule has 0 heterocycles. The first-order chi connectivity index (χ1) is 19.7. The summed E-state index contributed by atoms with van der Waals surface area (Å²) in [6.07, 6.45) is 12.9. The molecular formula is C33H44O8. The second-order valence-electron chi connectivity index (χ2n) is 10.3. The van der Waals surface area contributed by atoms with Crippen LogP contribution in [0.3, 0.4) is 0 Å². The van der Waals surface area contributed by atoms with E-state index in [-0.39, 0.29) is 36.5 Å². The van der Waals surface area contributed by atoms with Crippen molar-refractivity contribution >= 4 is 29.5 Å². The Kier molecular flexibility index (Phi) is 14.6. The van der Waals surface area contributed by atoms with Gasteiger partial charge in [0.05, 0.1) is 42.4 Å². The van der Waals surface area contributed by atoms with Gasteiger partial charge in [0, 0.05) is 0 Å². The number of carboxylic acid groups (broad SMARTS) is 1.